The third-order valence-corrected chi connectivity index (χ3v) is 7.08. The van der Waals surface area contributed by atoms with Crippen LogP contribution in [0.4, 0.5) is 4.39 Å². The van der Waals surface area contributed by atoms with E-state index in [-0.39, 0.29) is 17.8 Å². The zero-order chi connectivity index (χ0) is 24.0. The molecule has 1 atom stereocenters. The highest BCUT2D eigenvalue weighted by atomic mass is 32.2. The number of imidazole rings is 1. The predicted octanol–water partition coefficient (Wildman–Crippen LogP) is 4.80. The van der Waals surface area contributed by atoms with Crippen LogP contribution in [0.1, 0.15) is 27.5 Å². The molecule has 1 amide bonds. The zero-order valence-electron chi connectivity index (χ0n) is 19.2. The van der Waals surface area contributed by atoms with Crippen LogP contribution in [-0.4, -0.2) is 53.6 Å². The molecule has 6 nitrogen and oxygen atoms in total. The van der Waals surface area contributed by atoms with Crippen molar-refractivity contribution >= 4 is 28.7 Å². The summed E-state index contributed by atoms with van der Waals surface area (Å²) in [5, 5.41) is 3.92. The minimum atomic E-state index is -0.275. The summed E-state index contributed by atoms with van der Waals surface area (Å²) in [6.45, 7) is 3.15. The van der Waals surface area contributed by atoms with E-state index in [1.54, 1.807) is 23.9 Å². The molecule has 1 aliphatic rings. The molecule has 1 aliphatic heterocycles. The number of aromatic nitrogens is 2. The predicted molar refractivity (Wildman–Crippen MR) is 136 cm³/mol. The standard InChI is InChI=1S/C27H27FN4O2S/c28-22-5-3-4-21(16-22)25(32-12-14-34-15-13-32)17-29-26(33)20-10-8-19(9-11-20)18-35-27-30-23-6-1-2-7-24(23)31-27/h1-11,16,25H,12-15,17-18H2,(H,29,33)(H,30,31). The van der Waals surface area contributed by atoms with Gasteiger partial charge in [-0.1, -0.05) is 48.2 Å². The molecule has 0 saturated carbocycles. The summed E-state index contributed by atoms with van der Waals surface area (Å²) < 4.78 is 19.4. The summed E-state index contributed by atoms with van der Waals surface area (Å²) in [5.41, 5.74) is 4.54. The van der Waals surface area contributed by atoms with Crippen LogP contribution in [0.5, 0.6) is 0 Å². The van der Waals surface area contributed by atoms with E-state index in [1.807, 2.05) is 54.6 Å². The van der Waals surface area contributed by atoms with Gasteiger partial charge in [0.2, 0.25) is 0 Å². The fraction of sp³-hybridized carbons (Fsp3) is 0.259. The molecule has 0 aliphatic carbocycles. The fourth-order valence-electron chi connectivity index (χ4n) is 4.25. The van der Waals surface area contributed by atoms with Crippen LogP contribution in [0.3, 0.4) is 0 Å². The number of nitrogens with one attached hydrogen (secondary N) is 2. The van der Waals surface area contributed by atoms with Crippen molar-refractivity contribution in [1.29, 1.82) is 0 Å². The maximum Gasteiger partial charge on any atom is 0.251 e. The van der Waals surface area contributed by atoms with Gasteiger partial charge in [-0.05, 0) is 47.5 Å². The van der Waals surface area contributed by atoms with E-state index >= 15 is 0 Å². The number of aromatic amines is 1. The fourth-order valence-corrected chi connectivity index (χ4v) is 5.09. The lowest BCUT2D eigenvalue weighted by Gasteiger charge is -2.35. The number of H-pyrrole nitrogens is 1. The summed E-state index contributed by atoms with van der Waals surface area (Å²) in [6, 6.07) is 22.1. The molecule has 1 unspecified atom stereocenters. The van der Waals surface area contributed by atoms with Gasteiger partial charge in [0.25, 0.3) is 5.91 Å². The zero-order valence-corrected chi connectivity index (χ0v) is 20.1. The summed E-state index contributed by atoms with van der Waals surface area (Å²) in [6.07, 6.45) is 0. The van der Waals surface area contributed by atoms with E-state index in [9.17, 15) is 9.18 Å². The first-order valence-electron chi connectivity index (χ1n) is 11.7. The highest BCUT2D eigenvalue weighted by Gasteiger charge is 2.23. The van der Waals surface area contributed by atoms with Crippen LogP contribution in [0.15, 0.2) is 78.0 Å². The lowest BCUT2D eigenvalue weighted by atomic mass is 10.0. The molecule has 4 aromatic rings. The molecule has 5 rings (SSSR count). The number of carbonyl (C=O) groups is 1. The second kappa shape index (κ2) is 11.0. The average molecular weight is 491 g/mol. The van der Waals surface area contributed by atoms with Crippen LogP contribution in [0, 0.1) is 5.82 Å². The van der Waals surface area contributed by atoms with Gasteiger partial charge in [0.05, 0.1) is 30.3 Å². The Morgan fingerprint density at radius 1 is 1.09 bits per heavy atom. The van der Waals surface area contributed by atoms with Gasteiger partial charge in [-0.2, -0.15) is 0 Å². The molecule has 1 fully saturated rings. The van der Waals surface area contributed by atoms with Crippen molar-refractivity contribution < 1.29 is 13.9 Å². The topological polar surface area (TPSA) is 70.2 Å². The number of ether oxygens (including phenoxy) is 1. The lowest BCUT2D eigenvalue weighted by Crippen LogP contribution is -2.43. The number of nitrogens with zero attached hydrogens (tertiary/aromatic N) is 2. The van der Waals surface area contributed by atoms with E-state index in [1.165, 1.54) is 6.07 Å². The number of morpholine rings is 1. The Kier molecular flexibility index (Phi) is 7.42. The van der Waals surface area contributed by atoms with E-state index in [4.69, 9.17) is 4.74 Å². The van der Waals surface area contributed by atoms with Crippen LogP contribution >= 0.6 is 11.8 Å². The SMILES string of the molecule is O=C(NCC(c1cccc(F)c1)N1CCOCC1)c1ccc(CSc2nc3ccccc3[nH]2)cc1. The van der Waals surface area contributed by atoms with Crippen LogP contribution in [-0.2, 0) is 10.5 Å². The summed E-state index contributed by atoms with van der Waals surface area (Å²) in [4.78, 5) is 23.0. The molecule has 180 valence electrons. The largest absolute Gasteiger partial charge is 0.379 e. The number of benzene rings is 3. The van der Waals surface area contributed by atoms with Crippen LogP contribution in [0.2, 0.25) is 0 Å². The van der Waals surface area contributed by atoms with Gasteiger partial charge in [-0.3, -0.25) is 9.69 Å². The number of amides is 1. The van der Waals surface area contributed by atoms with Gasteiger partial charge in [-0.25, -0.2) is 9.37 Å². The molecule has 1 saturated heterocycles. The molecule has 3 aromatic carbocycles. The quantitative estimate of drug-likeness (QED) is 0.347. The third-order valence-electron chi connectivity index (χ3n) is 6.14. The van der Waals surface area contributed by atoms with Crippen molar-refractivity contribution in [1.82, 2.24) is 20.2 Å². The Balaban J connectivity index is 1.19. The molecule has 0 spiro atoms. The Hall–Kier alpha value is -3.20. The molecule has 1 aromatic heterocycles. The molecular formula is C27H27FN4O2S. The minimum Gasteiger partial charge on any atom is -0.379 e. The summed E-state index contributed by atoms with van der Waals surface area (Å²) in [7, 11) is 0. The smallest absolute Gasteiger partial charge is 0.251 e. The number of hydrogen-bond donors (Lipinski definition) is 2. The maximum absolute atomic E-state index is 13.9. The van der Waals surface area contributed by atoms with Crippen molar-refractivity contribution in [3.05, 3.63) is 95.3 Å². The lowest BCUT2D eigenvalue weighted by molar-refractivity contribution is 0.0162. The van der Waals surface area contributed by atoms with Gasteiger partial charge in [0.15, 0.2) is 5.16 Å². The van der Waals surface area contributed by atoms with Gasteiger partial charge < -0.3 is 15.0 Å². The van der Waals surface area contributed by atoms with Gasteiger partial charge in [0, 0.05) is 31.0 Å². The van der Waals surface area contributed by atoms with Crippen molar-refractivity contribution in [3.63, 3.8) is 0 Å². The van der Waals surface area contributed by atoms with Crippen molar-refractivity contribution in [2.45, 2.75) is 17.0 Å². The van der Waals surface area contributed by atoms with Crippen LogP contribution < -0.4 is 5.32 Å². The second-order valence-electron chi connectivity index (χ2n) is 8.47. The number of para-hydroxylation sites is 2. The highest BCUT2D eigenvalue weighted by Crippen LogP contribution is 2.24. The molecule has 35 heavy (non-hydrogen) atoms. The molecule has 2 N–H and O–H groups in total. The van der Waals surface area contributed by atoms with Gasteiger partial charge in [0.1, 0.15) is 5.82 Å². The molecule has 2 heterocycles. The first kappa shape index (κ1) is 23.5. The number of fused-ring (bicyclic) bond motifs is 1. The number of hydrogen-bond acceptors (Lipinski definition) is 5. The molecular weight excluding hydrogens is 463 g/mol. The van der Waals surface area contributed by atoms with E-state index in [0.717, 1.165) is 46.2 Å². The first-order valence-corrected chi connectivity index (χ1v) is 12.7. The highest BCUT2D eigenvalue weighted by molar-refractivity contribution is 7.98. The molecule has 0 bridgehead atoms. The van der Waals surface area contributed by atoms with E-state index in [0.29, 0.717) is 25.3 Å². The molecule has 8 heteroatoms. The van der Waals surface area contributed by atoms with Crippen LogP contribution in [0.25, 0.3) is 11.0 Å². The number of carbonyl (C=O) groups excluding carboxylic acids is 1. The van der Waals surface area contributed by atoms with E-state index in [2.05, 4.69) is 20.2 Å². The normalized spacial score (nSPS) is 15.2. The maximum atomic E-state index is 13.9. The Bertz CT molecular complexity index is 1250. The Morgan fingerprint density at radius 3 is 2.66 bits per heavy atom. The third kappa shape index (κ3) is 5.90. The van der Waals surface area contributed by atoms with E-state index < -0.39 is 0 Å². The minimum absolute atomic E-state index is 0.113. The van der Waals surface area contributed by atoms with Gasteiger partial charge in [-0.15, -0.1) is 0 Å². The average Bonchev–Trinajstić information content (AvgIpc) is 3.32. The number of rotatable bonds is 8. The monoisotopic (exact) mass is 490 g/mol. The number of thioether (sulfide) groups is 1. The summed E-state index contributed by atoms with van der Waals surface area (Å²) >= 11 is 1.63. The van der Waals surface area contributed by atoms with Gasteiger partial charge >= 0.3 is 0 Å². The first-order chi connectivity index (χ1) is 17.2. The summed E-state index contributed by atoms with van der Waals surface area (Å²) in [5.74, 6) is 0.333. The van der Waals surface area contributed by atoms with Crippen molar-refractivity contribution in [2.24, 2.45) is 0 Å². The second-order valence-corrected chi connectivity index (χ2v) is 9.44. The number of halogens is 1. The Morgan fingerprint density at radius 2 is 1.89 bits per heavy atom. The molecule has 0 radical (unpaired) electrons. The van der Waals surface area contributed by atoms with Crippen molar-refractivity contribution in [2.75, 3.05) is 32.8 Å². The van der Waals surface area contributed by atoms with Crippen molar-refractivity contribution in [3.8, 4) is 0 Å². The Labute approximate surface area is 207 Å².